The van der Waals surface area contributed by atoms with E-state index in [2.05, 4.69) is 48.8 Å². The first-order valence-corrected chi connectivity index (χ1v) is 7.67. The topological polar surface area (TPSA) is 79.3 Å². The van der Waals surface area contributed by atoms with Gasteiger partial charge in [0, 0.05) is 19.1 Å². The Bertz CT molecular complexity index is 659. The number of carboxylic acids is 1. The molecule has 0 aliphatic rings. The maximum atomic E-state index is 11.9. The lowest BCUT2D eigenvalue weighted by Gasteiger charge is -2.04. The number of aromatic nitrogens is 1. The monoisotopic (exact) mass is 452 g/mol. The van der Waals surface area contributed by atoms with Gasteiger partial charge in [-0.25, -0.2) is 9.78 Å². The fraction of sp³-hybridized carbons (Fsp3) is 0. The lowest BCUT2D eigenvalue weighted by molar-refractivity contribution is 0.0691. The second-order valence-corrected chi connectivity index (χ2v) is 6.30. The molecule has 0 fully saturated rings. The van der Waals surface area contributed by atoms with E-state index in [0.29, 0.717) is 5.69 Å². The van der Waals surface area contributed by atoms with Crippen LogP contribution in [0, 0.1) is 3.57 Å². The van der Waals surface area contributed by atoms with Gasteiger partial charge in [0.05, 0.1) is 0 Å². The van der Waals surface area contributed by atoms with Gasteiger partial charge in [0.2, 0.25) is 0 Å². The average Bonchev–Trinajstić information content (AvgIpc) is 2.83. The third-order valence-corrected chi connectivity index (χ3v) is 5.26. The van der Waals surface area contributed by atoms with Crippen LogP contribution in [-0.2, 0) is 0 Å². The molecule has 1 aromatic heterocycles. The predicted octanol–water partition coefficient (Wildman–Crippen LogP) is 3.46. The van der Waals surface area contributed by atoms with Gasteiger partial charge in [-0.2, -0.15) is 0 Å². The minimum atomic E-state index is -1.14. The molecule has 1 amide bonds. The third kappa shape index (κ3) is 3.51. The van der Waals surface area contributed by atoms with Crippen molar-refractivity contribution in [3.8, 4) is 0 Å². The van der Waals surface area contributed by atoms with E-state index in [0.717, 1.165) is 19.4 Å². The van der Waals surface area contributed by atoms with Gasteiger partial charge in [-0.1, -0.05) is 0 Å². The maximum absolute atomic E-state index is 11.9. The number of rotatable bonds is 3. The van der Waals surface area contributed by atoms with Crippen LogP contribution < -0.4 is 5.32 Å². The van der Waals surface area contributed by atoms with Gasteiger partial charge in [-0.3, -0.25) is 4.79 Å². The van der Waals surface area contributed by atoms with E-state index < -0.39 is 11.9 Å². The molecule has 0 spiro atoms. The summed E-state index contributed by atoms with van der Waals surface area (Å²) in [6.45, 7) is 0. The van der Waals surface area contributed by atoms with Crippen LogP contribution in [0.4, 0.5) is 5.69 Å². The van der Waals surface area contributed by atoms with Crippen molar-refractivity contribution in [2.45, 2.75) is 0 Å². The molecular weight excluding hydrogens is 447 g/mol. The Morgan fingerprint density at radius 2 is 2.16 bits per heavy atom. The zero-order chi connectivity index (χ0) is 14.0. The maximum Gasteiger partial charge on any atom is 0.355 e. The second-order valence-electron chi connectivity index (χ2n) is 3.43. The quantitative estimate of drug-likeness (QED) is 0.699. The molecule has 8 heteroatoms. The van der Waals surface area contributed by atoms with Gasteiger partial charge in [0.1, 0.15) is 0 Å². The fourth-order valence-electron chi connectivity index (χ4n) is 1.23. The number of halogens is 2. The van der Waals surface area contributed by atoms with Crippen LogP contribution in [0.2, 0.25) is 0 Å². The summed E-state index contributed by atoms with van der Waals surface area (Å²) in [7, 11) is 0. The summed E-state index contributed by atoms with van der Waals surface area (Å²) in [4.78, 5) is 26.3. The molecule has 0 unspecified atom stereocenters. The molecule has 19 heavy (non-hydrogen) atoms. The second kappa shape index (κ2) is 5.97. The number of carboxylic acid groups (broad SMARTS) is 1. The van der Waals surface area contributed by atoms with Crippen LogP contribution in [0.1, 0.15) is 20.3 Å². The molecule has 0 atom stereocenters. The van der Waals surface area contributed by atoms with Crippen molar-refractivity contribution in [2.24, 2.45) is 0 Å². The largest absolute Gasteiger partial charge is 0.476 e. The lowest BCUT2D eigenvalue weighted by atomic mass is 10.3. The van der Waals surface area contributed by atoms with E-state index in [1.54, 1.807) is 12.1 Å². The van der Waals surface area contributed by atoms with E-state index in [-0.39, 0.29) is 10.7 Å². The first-order valence-electron chi connectivity index (χ1n) is 4.92. The Morgan fingerprint density at radius 1 is 1.42 bits per heavy atom. The van der Waals surface area contributed by atoms with Gasteiger partial charge in [0.25, 0.3) is 5.91 Å². The lowest BCUT2D eigenvalue weighted by Crippen LogP contribution is -2.12. The SMILES string of the molecule is O=C(O)c1csc(C(=O)Nc2ccc(Br)c(I)c2)n1. The van der Waals surface area contributed by atoms with Gasteiger partial charge in [-0.05, 0) is 56.7 Å². The van der Waals surface area contributed by atoms with Crippen LogP contribution >= 0.6 is 49.9 Å². The highest BCUT2D eigenvalue weighted by Gasteiger charge is 2.15. The smallest absolute Gasteiger partial charge is 0.355 e. The molecule has 2 rings (SSSR count). The molecule has 98 valence electrons. The molecule has 5 nitrogen and oxygen atoms in total. The summed E-state index contributed by atoms with van der Waals surface area (Å²) in [6, 6.07) is 5.37. The number of hydrogen-bond donors (Lipinski definition) is 2. The predicted molar refractivity (Wildman–Crippen MR) is 83.9 cm³/mol. The number of thiazole rings is 1. The molecule has 0 aliphatic carbocycles. The van der Waals surface area contributed by atoms with Crippen molar-refractivity contribution in [1.82, 2.24) is 4.98 Å². The number of amides is 1. The highest BCUT2D eigenvalue weighted by molar-refractivity contribution is 14.1. The Kier molecular flexibility index (Phi) is 4.53. The molecule has 2 N–H and O–H groups in total. The molecule has 0 radical (unpaired) electrons. The number of benzene rings is 1. The Morgan fingerprint density at radius 3 is 2.74 bits per heavy atom. The standard InChI is InChI=1S/C11H6BrIN2O3S/c12-6-2-1-5(3-7(6)13)14-9(16)10-15-8(4-19-10)11(17)18/h1-4H,(H,14,16)(H,17,18). The molecule has 0 bridgehead atoms. The number of anilines is 1. The Labute approximate surface area is 134 Å². The number of nitrogens with zero attached hydrogens (tertiary/aromatic N) is 1. The highest BCUT2D eigenvalue weighted by Crippen LogP contribution is 2.23. The summed E-state index contributed by atoms with van der Waals surface area (Å²) in [5, 5.41) is 12.9. The van der Waals surface area contributed by atoms with Gasteiger partial charge >= 0.3 is 5.97 Å². The molecule has 1 aromatic carbocycles. The fourth-order valence-corrected chi connectivity index (χ4v) is 2.68. The minimum Gasteiger partial charge on any atom is -0.476 e. The van der Waals surface area contributed by atoms with Gasteiger partial charge in [-0.15, -0.1) is 11.3 Å². The van der Waals surface area contributed by atoms with Gasteiger partial charge in [0.15, 0.2) is 10.7 Å². The first-order chi connectivity index (χ1) is 8.97. The highest BCUT2D eigenvalue weighted by atomic mass is 127. The summed E-state index contributed by atoms with van der Waals surface area (Å²) in [5.41, 5.74) is 0.505. The van der Waals surface area contributed by atoms with Crippen molar-refractivity contribution in [3.63, 3.8) is 0 Å². The normalized spacial score (nSPS) is 10.2. The molecule has 0 saturated heterocycles. The molecule has 0 saturated carbocycles. The van der Waals surface area contributed by atoms with E-state index in [4.69, 9.17) is 5.11 Å². The van der Waals surface area contributed by atoms with Crippen LogP contribution in [0.15, 0.2) is 28.1 Å². The number of nitrogens with one attached hydrogen (secondary N) is 1. The summed E-state index contributed by atoms with van der Waals surface area (Å²) in [5.74, 6) is -1.57. The van der Waals surface area contributed by atoms with Crippen molar-refractivity contribution in [2.75, 3.05) is 5.32 Å². The molecular formula is C11H6BrIN2O3S. The zero-order valence-electron chi connectivity index (χ0n) is 9.18. The number of carbonyl (C=O) groups excluding carboxylic acids is 1. The van der Waals surface area contributed by atoms with Crippen molar-refractivity contribution < 1.29 is 14.7 Å². The average molecular weight is 453 g/mol. The first kappa shape index (κ1) is 14.4. The minimum absolute atomic E-state index is 0.121. The number of hydrogen-bond acceptors (Lipinski definition) is 4. The van der Waals surface area contributed by atoms with E-state index >= 15 is 0 Å². The zero-order valence-corrected chi connectivity index (χ0v) is 13.7. The summed E-state index contributed by atoms with van der Waals surface area (Å²) in [6.07, 6.45) is 0. The Hall–Kier alpha value is -1.000. The van der Waals surface area contributed by atoms with Gasteiger partial charge < -0.3 is 10.4 Å². The molecule has 0 aliphatic heterocycles. The van der Waals surface area contributed by atoms with Crippen LogP contribution in [0.5, 0.6) is 0 Å². The third-order valence-electron chi connectivity index (χ3n) is 2.10. The van der Waals surface area contributed by atoms with E-state index in [9.17, 15) is 9.59 Å². The van der Waals surface area contributed by atoms with Crippen LogP contribution in [0.25, 0.3) is 0 Å². The number of carbonyl (C=O) groups is 2. The summed E-state index contributed by atoms with van der Waals surface area (Å²) < 4.78 is 1.90. The number of aromatic carboxylic acids is 1. The molecule has 1 heterocycles. The Balaban J connectivity index is 2.15. The molecule has 2 aromatic rings. The van der Waals surface area contributed by atoms with Crippen LogP contribution in [-0.4, -0.2) is 22.0 Å². The van der Waals surface area contributed by atoms with Crippen molar-refractivity contribution in [3.05, 3.63) is 42.3 Å². The van der Waals surface area contributed by atoms with E-state index in [1.807, 2.05) is 6.07 Å². The summed E-state index contributed by atoms with van der Waals surface area (Å²) >= 11 is 6.50. The van der Waals surface area contributed by atoms with E-state index in [1.165, 1.54) is 5.38 Å². The van der Waals surface area contributed by atoms with Crippen molar-refractivity contribution >= 4 is 67.4 Å². The van der Waals surface area contributed by atoms with Crippen molar-refractivity contribution in [1.29, 1.82) is 0 Å². The van der Waals surface area contributed by atoms with Crippen LogP contribution in [0.3, 0.4) is 0 Å².